The van der Waals surface area contributed by atoms with E-state index in [0.29, 0.717) is 10.6 Å². The van der Waals surface area contributed by atoms with E-state index in [9.17, 15) is 9.90 Å². The second-order valence-electron chi connectivity index (χ2n) is 3.95. The Morgan fingerprint density at radius 3 is 2.44 bits per heavy atom. The summed E-state index contributed by atoms with van der Waals surface area (Å²) >= 11 is 9.19. The lowest BCUT2D eigenvalue weighted by molar-refractivity contribution is 0.103. The fraction of sp³-hybridized carbons (Fsp3) is 0.0714. The quantitative estimate of drug-likeness (QED) is 0.834. The van der Waals surface area contributed by atoms with Crippen LogP contribution in [-0.4, -0.2) is 10.9 Å². The van der Waals surface area contributed by atoms with Gasteiger partial charge in [-0.05, 0) is 48.9 Å². The molecule has 18 heavy (non-hydrogen) atoms. The van der Waals surface area contributed by atoms with E-state index in [1.54, 1.807) is 37.3 Å². The van der Waals surface area contributed by atoms with Crippen molar-refractivity contribution < 1.29 is 9.90 Å². The van der Waals surface area contributed by atoms with Crippen molar-refractivity contribution in [3.8, 4) is 5.75 Å². The molecule has 0 atom stereocenters. The summed E-state index contributed by atoms with van der Waals surface area (Å²) in [6.07, 6.45) is 0. The van der Waals surface area contributed by atoms with Crippen molar-refractivity contribution in [2.75, 3.05) is 0 Å². The molecule has 0 aromatic heterocycles. The predicted octanol–water partition coefficient (Wildman–Crippen LogP) is 4.35. The highest BCUT2D eigenvalue weighted by molar-refractivity contribution is 9.10. The second kappa shape index (κ2) is 5.12. The first-order valence-electron chi connectivity index (χ1n) is 5.28. The lowest BCUT2D eigenvalue weighted by atomic mass is 10.0. The molecule has 0 fully saturated rings. The van der Waals surface area contributed by atoms with Crippen LogP contribution < -0.4 is 0 Å². The van der Waals surface area contributed by atoms with Crippen molar-refractivity contribution in [1.29, 1.82) is 0 Å². The summed E-state index contributed by atoms with van der Waals surface area (Å²) in [7, 11) is 0. The fourth-order valence-electron chi connectivity index (χ4n) is 1.61. The Balaban J connectivity index is 2.46. The molecule has 0 heterocycles. The summed E-state index contributed by atoms with van der Waals surface area (Å²) in [6, 6.07) is 9.97. The first kappa shape index (κ1) is 13.1. The number of aryl methyl sites for hydroxylation is 1. The van der Waals surface area contributed by atoms with Gasteiger partial charge in [0.2, 0.25) is 0 Å². The van der Waals surface area contributed by atoms with E-state index in [1.807, 2.05) is 0 Å². The lowest BCUT2D eigenvalue weighted by Gasteiger charge is -2.07. The maximum Gasteiger partial charge on any atom is 0.196 e. The molecular formula is C14H10BrClO2. The average Bonchev–Trinajstić information content (AvgIpc) is 2.34. The van der Waals surface area contributed by atoms with Crippen LogP contribution in [0.5, 0.6) is 5.75 Å². The highest BCUT2D eigenvalue weighted by Crippen LogP contribution is 2.28. The van der Waals surface area contributed by atoms with Crippen LogP contribution in [0, 0.1) is 6.92 Å². The van der Waals surface area contributed by atoms with E-state index in [-0.39, 0.29) is 17.1 Å². The van der Waals surface area contributed by atoms with Crippen molar-refractivity contribution in [3.05, 3.63) is 62.6 Å². The summed E-state index contributed by atoms with van der Waals surface area (Å²) in [5.41, 5.74) is 1.55. The van der Waals surface area contributed by atoms with Crippen molar-refractivity contribution in [2.45, 2.75) is 6.92 Å². The molecule has 0 saturated carbocycles. The van der Waals surface area contributed by atoms with Gasteiger partial charge in [-0.1, -0.05) is 27.5 Å². The number of halogens is 2. The molecule has 0 unspecified atom stereocenters. The number of hydrogen-bond acceptors (Lipinski definition) is 2. The van der Waals surface area contributed by atoms with Crippen LogP contribution in [0.2, 0.25) is 5.02 Å². The van der Waals surface area contributed by atoms with E-state index in [2.05, 4.69) is 15.9 Å². The number of phenolic OH excluding ortho intramolecular Hbond substituents is 1. The van der Waals surface area contributed by atoms with Crippen molar-refractivity contribution in [1.82, 2.24) is 0 Å². The Labute approximate surface area is 118 Å². The molecule has 1 N–H and O–H groups in total. The zero-order valence-corrected chi connectivity index (χ0v) is 11.9. The van der Waals surface area contributed by atoms with Gasteiger partial charge >= 0.3 is 0 Å². The van der Waals surface area contributed by atoms with Crippen LogP contribution in [-0.2, 0) is 0 Å². The third-order valence-electron chi connectivity index (χ3n) is 2.63. The van der Waals surface area contributed by atoms with Gasteiger partial charge in [0.25, 0.3) is 0 Å². The van der Waals surface area contributed by atoms with Gasteiger partial charge in [-0.25, -0.2) is 0 Å². The Bertz CT molecular complexity index is 606. The zero-order chi connectivity index (χ0) is 13.3. The molecule has 4 heteroatoms. The molecular weight excluding hydrogens is 316 g/mol. The molecule has 0 aliphatic heterocycles. The summed E-state index contributed by atoms with van der Waals surface area (Å²) in [4.78, 5) is 12.2. The van der Waals surface area contributed by atoms with Gasteiger partial charge < -0.3 is 5.11 Å². The fourth-order valence-corrected chi connectivity index (χ4v) is 2.03. The van der Waals surface area contributed by atoms with Crippen LogP contribution in [0.25, 0.3) is 0 Å². The minimum Gasteiger partial charge on any atom is -0.507 e. The molecule has 0 bridgehead atoms. The molecule has 92 valence electrons. The van der Waals surface area contributed by atoms with Crippen molar-refractivity contribution in [3.63, 3.8) is 0 Å². The smallest absolute Gasteiger partial charge is 0.196 e. The topological polar surface area (TPSA) is 37.3 Å². The van der Waals surface area contributed by atoms with Gasteiger partial charge in [0.05, 0.1) is 5.56 Å². The molecule has 0 aliphatic carbocycles. The van der Waals surface area contributed by atoms with E-state index < -0.39 is 0 Å². The monoisotopic (exact) mass is 324 g/mol. The van der Waals surface area contributed by atoms with Gasteiger partial charge in [0, 0.05) is 15.1 Å². The number of rotatable bonds is 2. The van der Waals surface area contributed by atoms with Crippen molar-refractivity contribution in [2.24, 2.45) is 0 Å². The van der Waals surface area contributed by atoms with Gasteiger partial charge in [-0.3, -0.25) is 4.79 Å². The highest BCUT2D eigenvalue weighted by Gasteiger charge is 2.15. The maximum atomic E-state index is 12.2. The number of carbonyl (C=O) groups is 1. The zero-order valence-electron chi connectivity index (χ0n) is 9.58. The molecule has 2 nitrogen and oxygen atoms in total. The Morgan fingerprint density at radius 2 is 1.83 bits per heavy atom. The first-order valence-corrected chi connectivity index (χ1v) is 6.45. The van der Waals surface area contributed by atoms with Crippen LogP contribution in [0.15, 0.2) is 40.9 Å². The molecule has 2 aromatic rings. The third-order valence-corrected chi connectivity index (χ3v) is 3.56. The van der Waals surface area contributed by atoms with Gasteiger partial charge in [-0.2, -0.15) is 0 Å². The maximum absolute atomic E-state index is 12.2. The van der Waals surface area contributed by atoms with Gasteiger partial charge in [-0.15, -0.1) is 0 Å². The minimum atomic E-state index is -0.222. The molecule has 2 aromatic carbocycles. The number of phenols is 1. The van der Waals surface area contributed by atoms with Gasteiger partial charge in [0.15, 0.2) is 5.78 Å². The lowest BCUT2D eigenvalue weighted by Crippen LogP contribution is -2.02. The SMILES string of the molecule is Cc1cc(C(=O)c2ccc(Br)cc2)c(O)cc1Cl. The summed E-state index contributed by atoms with van der Waals surface area (Å²) in [5.74, 6) is -0.321. The number of carbonyl (C=O) groups excluding carboxylic acids is 1. The standard InChI is InChI=1S/C14H10BrClO2/c1-8-6-11(13(17)7-12(8)16)14(18)9-2-4-10(15)5-3-9/h2-7,17H,1H3. The molecule has 2 rings (SSSR count). The molecule has 0 saturated heterocycles. The number of aromatic hydroxyl groups is 1. The predicted molar refractivity (Wildman–Crippen MR) is 75.4 cm³/mol. The van der Waals surface area contributed by atoms with Crippen LogP contribution in [0.4, 0.5) is 0 Å². The average molecular weight is 326 g/mol. The normalized spacial score (nSPS) is 10.4. The number of ketones is 1. The largest absolute Gasteiger partial charge is 0.507 e. The molecule has 0 amide bonds. The molecule has 0 radical (unpaired) electrons. The third kappa shape index (κ3) is 2.57. The number of hydrogen-bond donors (Lipinski definition) is 1. The first-order chi connectivity index (χ1) is 8.49. The van der Waals surface area contributed by atoms with Crippen LogP contribution >= 0.6 is 27.5 Å². The molecule has 0 aliphatic rings. The highest BCUT2D eigenvalue weighted by atomic mass is 79.9. The minimum absolute atomic E-state index is 0.0986. The summed E-state index contributed by atoms with van der Waals surface area (Å²) in [6.45, 7) is 1.79. The van der Waals surface area contributed by atoms with Crippen LogP contribution in [0.3, 0.4) is 0 Å². The number of benzene rings is 2. The second-order valence-corrected chi connectivity index (χ2v) is 5.28. The summed E-state index contributed by atoms with van der Waals surface area (Å²) in [5, 5.41) is 10.2. The van der Waals surface area contributed by atoms with Crippen molar-refractivity contribution >= 4 is 33.3 Å². The van der Waals surface area contributed by atoms with E-state index in [0.717, 1.165) is 10.0 Å². The van der Waals surface area contributed by atoms with Gasteiger partial charge in [0.1, 0.15) is 5.75 Å². The van der Waals surface area contributed by atoms with Crippen LogP contribution in [0.1, 0.15) is 21.5 Å². The Morgan fingerprint density at radius 1 is 1.22 bits per heavy atom. The Kier molecular flexibility index (Phi) is 3.73. The van der Waals surface area contributed by atoms with E-state index in [4.69, 9.17) is 11.6 Å². The summed E-state index contributed by atoms with van der Waals surface area (Å²) < 4.78 is 0.899. The Hall–Kier alpha value is -1.32. The van der Waals surface area contributed by atoms with E-state index >= 15 is 0 Å². The molecule has 0 spiro atoms. The van der Waals surface area contributed by atoms with E-state index in [1.165, 1.54) is 6.07 Å².